The average Bonchev–Trinajstić information content (AvgIpc) is 3.43. The zero-order chi connectivity index (χ0) is 20.1. The molecule has 0 aromatic heterocycles. The van der Waals surface area contributed by atoms with Gasteiger partial charge in [0, 0.05) is 31.9 Å². The summed E-state index contributed by atoms with van der Waals surface area (Å²) < 4.78 is 5.54. The first-order chi connectivity index (χ1) is 14.2. The van der Waals surface area contributed by atoms with Crippen LogP contribution in [0.2, 0.25) is 0 Å². The van der Waals surface area contributed by atoms with Gasteiger partial charge in [0.15, 0.2) is 0 Å². The number of likely N-dealkylation sites (tertiary alicyclic amines) is 1. The van der Waals surface area contributed by atoms with Gasteiger partial charge in [-0.3, -0.25) is 0 Å². The van der Waals surface area contributed by atoms with Crippen molar-refractivity contribution in [2.45, 2.75) is 32.2 Å². The van der Waals surface area contributed by atoms with E-state index in [9.17, 15) is 4.79 Å². The molecule has 0 saturated carbocycles. The maximum atomic E-state index is 12.9. The van der Waals surface area contributed by atoms with Crippen molar-refractivity contribution in [3.05, 3.63) is 60.2 Å². The van der Waals surface area contributed by atoms with E-state index in [1.807, 2.05) is 30.0 Å². The first-order valence-electron chi connectivity index (χ1n) is 10.8. The summed E-state index contributed by atoms with van der Waals surface area (Å²) >= 11 is 0. The van der Waals surface area contributed by atoms with E-state index in [1.165, 1.54) is 11.3 Å². The number of nitrogens with one attached hydrogen (secondary N) is 1. The molecule has 2 aliphatic rings. The molecule has 1 N–H and O–H groups in total. The number of amides is 2. The van der Waals surface area contributed by atoms with Crippen molar-refractivity contribution < 1.29 is 9.53 Å². The standard InChI is InChI=1S/C24H31N3O2/c1-2-29-22-12-10-20(11-13-22)23-9-6-15-27(23)24(28)25-17-19-14-16-26(18-19)21-7-4-3-5-8-21/h3-5,7-8,10-13,19,23H,2,6,9,14-18H2,1H3,(H,25,28). The van der Waals surface area contributed by atoms with Gasteiger partial charge in [0.05, 0.1) is 12.6 Å². The number of carbonyl (C=O) groups excluding carboxylic acids is 1. The highest BCUT2D eigenvalue weighted by Crippen LogP contribution is 2.33. The molecule has 2 aromatic rings. The second-order valence-corrected chi connectivity index (χ2v) is 7.98. The maximum Gasteiger partial charge on any atom is 0.317 e. The number of hydrogen-bond donors (Lipinski definition) is 1. The molecule has 2 amide bonds. The lowest BCUT2D eigenvalue weighted by Gasteiger charge is -2.26. The Kier molecular flexibility index (Phi) is 6.23. The average molecular weight is 394 g/mol. The van der Waals surface area contributed by atoms with Crippen LogP contribution < -0.4 is 15.0 Å². The minimum atomic E-state index is 0.0690. The molecule has 5 heteroatoms. The highest BCUT2D eigenvalue weighted by molar-refractivity contribution is 5.75. The summed E-state index contributed by atoms with van der Waals surface area (Å²) in [6, 6.07) is 19.0. The third-order valence-electron chi connectivity index (χ3n) is 6.04. The van der Waals surface area contributed by atoms with Crippen LogP contribution in [0.4, 0.5) is 10.5 Å². The molecule has 2 saturated heterocycles. The van der Waals surface area contributed by atoms with Crippen molar-refractivity contribution >= 4 is 11.7 Å². The van der Waals surface area contributed by atoms with Gasteiger partial charge in [-0.2, -0.15) is 0 Å². The number of anilines is 1. The fourth-order valence-corrected chi connectivity index (χ4v) is 4.52. The van der Waals surface area contributed by atoms with Crippen LogP contribution in [0.5, 0.6) is 5.75 Å². The molecule has 2 atom stereocenters. The van der Waals surface area contributed by atoms with Crippen LogP contribution in [0.25, 0.3) is 0 Å². The van der Waals surface area contributed by atoms with E-state index in [0.717, 1.165) is 51.2 Å². The molecule has 5 nitrogen and oxygen atoms in total. The Morgan fingerprint density at radius 1 is 1.07 bits per heavy atom. The molecule has 0 bridgehead atoms. The molecule has 0 radical (unpaired) electrons. The van der Waals surface area contributed by atoms with Crippen LogP contribution in [0.1, 0.15) is 37.8 Å². The highest BCUT2D eigenvalue weighted by atomic mass is 16.5. The lowest BCUT2D eigenvalue weighted by molar-refractivity contribution is 0.191. The molecule has 2 fully saturated rings. The predicted octanol–water partition coefficient (Wildman–Crippen LogP) is 4.46. The summed E-state index contributed by atoms with van der Waals surface area (Å²) in [5.74, 6) is 1.39. The van der Waals surface area contributed by atoms with E-state index in [2.05, 4.69) is 46.6 Å². The van der Waals surface area contributed by atoms with Crippen molar-refractivity contribution in [1.82, 2.24) is 10.2 Å². The number of rotatable bonds is 6. The lowest BCUT2D eigenvalue weighted by Crippen LogP contribution is -2.41. The number of carbonyl (C=O) groups is 1. The summed E-state index contributed by atoms with van der Waals surface area (Å²) in [4.78, 5) is 17.3. The van der Waals surface area contributed by atoms with Crippen molar-refractivity contribution in [3.8, 4) is 5.75 Å². The number of urea groups is 1. The normalized spacial score (nSPS) is 21.4. The quantitative estimate of drug-likeness (QED) is 0.788. The topological polar surface area (TPSA) is 44.8 Å². The highest BCUT2D eigenvalue weighted by Gasteiger charge is 2.31. The Morgan fingerprint density at radius 3 is 2.62 bits per heavy atom. The van der Waals surface area contributed by atoms with Gasteiger partial charge in [-0.05, 0) is 61.9 Å². The van der Waals surface area contributed by atoms with Gasteiger partial charge in [0.2, 0.25) is 0 Å². The number of ether oxygens (including phenoxy) is 1. The first-order valence-corrected chi connectivity index (χ1v) is 10.8. The fourth-order valence-electron chi connectivity index (χ4n) is 4.52. The lowest BCUT2D eigenvalue weighted by atomic mass is 10.0. The van der Waals surface area contributed by atoms with E-state index in [4.69, 9.17) is 4.74 Å². The molecule has 2 aliphatic heterocycles. The minimum absolute atomic E-state index is 0.0690. The van der Waals surface area contributed by atoms with E-state index in [1.54, 1.807) is 0 Å². The number of benzene rings is 2. The predicted molar refractivity (Wildman–Crippen MR) is 116 cm³/mol. The number of hydrogen-bond acceptors (Lipinski definition) is 3. The molecular formula is C24H31N3O2. The second kappa shape index (κ2) is 9.21. The first kappa shape index (κ1) is 19.6. The van der Waals surface area contributed by atoms with Gasteiger partial charge in [-0.25, -0.2) is 4.79 Å². The molecule has 0 spiro atoms. The SMILES string of the molecule is CCOc1ccc(C2CCCN2C(=O)NCC2CCN(c3ccccc3)C2)cc1. The fraction of sp³-hybridized carbons (Fsp3) is 0.458. The molecule has 2 aromatic carbocycles. The molecule has 29 heavy (non-hydrogen) atoms. The summed E-state index contributed by atoms with van der Waals surface area (Å²) in [6.45, 7) is 6.29. The van der Waals surface area contributed by atoms with E-state index in [-0.39, 0.29) is 12.1 Å². The minimum Gasteiger partial charge on any atom is -0.494 e. The summed E-state index contributed by atoms with van der Waals surface area (Å²) in [5.41, 5.74) is 2.47. The monoisotopic (exact) mass is 393 g/mol. The van der Waals surface area contributed by atoms with Gasteiger partial charge in [0.1, 0.15) is 5.75 Å². The van der Waals surface area contributed by atoms with Gasteiger partial charge in [-0.15, -0.1) is 0 Å². The second-order valence-electron chi connectivity index (χ2n) is 7.98. The molecule has 0 aliphatic carbocycles. The molecule has 154 valence electrons. The van der Waals surface area contributed by atoms with Gasteiger partial charge in [0.25, 0.3) is 0 Å². The van der Waals surface area contributed by atoms with Gasteiger partial charge < -0.3 is 19.9 Å². The van der Waals surface area contributed by atoms with Crippen molar-refractivity contribution in [3.63, 3.8) is 0 Å². The van der Waals surface area contributed by atoms with E-state index < -0.39 is 0 Å². The Labute approximate surface area is 173 Å². The van der Waals surface area contributed by atoms with Gasteiger partial charge >= 0.3 is 6.03 Å². The Hall–Kier alpha value is -2.69. The Balaban J connectivity index is 1.30. The largest absolute Gasteiger partial charge is 0.494 e. The molecule has 4 rings (SSSR count). The molecule has 2 heterocycles. The van der Waals surface area contributed by atoms with Gasteiger partial charge in [-0.1, -0.05) is 30.3 Å². The molecular weight excluding hydrogens is 362 g/mol. The zero-order valence-electron chi connectivity index (χ0n) is 17.2. The third kappa shape index (κ3) is 4.66. The van der Waals surface area contributed by atoms with Crippen LogP contribution >= 0.6 is 0 Å². The van der Waals surface area contributed by atoms with Crippen LogP contribution in [-0.2, 0) is 0 Å². The van der Waals surface area contributed by atoms with Crippen molar-refractivity contribution in [1.29, 1.82) is 0 Å². The Bertz CT molecular complexity index is 794. The summed E-state index contributed by atoms with van der Waals surface area (Å²) in [5, 5.41) is 3.21. The zero-order valence-corrected chi connectivity index (χ0v) is 17.2. The Morgan fingerprint density at radius 2 is 1.86 bits per heavy atom. The maximum absolute atomic E-state index is 12.9. The van der Waals surface area contributed by atoms with Crippen molar-refractivity contribution in [2.75, 3.05) is 37.7 Å². The smallest absolute Gasteiger partial charge is 0.317 e. The van der Waals surface area contributed by atoms with Crippen LogP contribution in [-0.4, -0.2) is 43.7 Å². The summed E-state index contributed by atoms with van der Waals surface area (Å²) in [7, 11) is 0. The number of para-hydroxylation sites is 1. The van der Waals surface area contributed by atoms with Crippen LogP contribution in [0.3, 0.4) is 0 Å². The number of nitrogens with zero attached hydrogens (tertiary/aromatic N) is 2. The molecule has 2 unspecified atom stereocenters. The van der Waals surface area contributed by atoms with E-state index in [0.29, 0.717) is 12.5 Å². The third-order valence-corrected chi connectivity index (χ3v) is 6.04. The van der Waals surface area contributed by atoms with Crippen molar-refractivity contribution in [2.24, 2.45) is 5.92 Å². The van der Waals surface area contributed by atoms with Crippen LogP contribution in [0.15, 0.2) is 54.6 Å². The summed E-state index contributed by atoms with van der Waals surface area (Å²) in [6.07, 6.45) is 3.20. The van der Waals surface area contributed by atoms with Crippen LogP contribution in [0, 0.1) is 5.92 Å². The van der Waals surface area contributed by atoms with E-state index >= 15 is 0 Å².